The second-order valence-electron chi connectivity index (χ2n) is 6.22. The lowest BCUT2D eigenvalue weighted by atomic mass is 9.94. The van der Waals surface area contributed by atoms with Crippen molar-refractivity contribution in [1.82, 2.24) is 9.88 Å². The van der Waals surface area contributed by atoms with Gasteiger partial charge >= 0.3 is 0 Å². The number of carbonyl (C=O) groups is 1. The molecule has 0 aliphatic carbocycles. The molecular weight excluding hydrogens is 320 g/mol. The van der Waals surface area contributed by atoms with Crippen molar-refractivity contribution >= 4 is 17.2 Å². The predicted molar refractivity (Wildman–Crippen MR) is 96.6 cm³/mol. The summed E-state index contributed by atoms with van der Waals surface area (Å²) in [5.41, 5.74) is 2.11. The molecule has 5 heteroatoms. The van der Waals surface area contributed by atoms with Gasteiger partial charge in [-0.15, -0.1) is 11.3 Å². The van der Waals surface area contributed by atoms with Crippen molar-refractivity contribution in [1.29, 1.82) is 0 Å². The van der Waals surface area contributed by atoms with Gasteiger partial charge in [-0.25, -0.2) is 4.98 Å². The molecule has 0 spiro atoms. The molecule has 0 unspecified atom stereocenters. The molecule has 1 amide bonds. The predicted octanol–water partition coefficient (Wildman–Crippen LogP) is 4.32. The first-order valence-electron chi connectivity index (χ1n) is 8.50. The largest absolute Gasteiger partial charge is 0.497 e. The smallest absolute Gasteiger partial charge is 0.230 e. The highest BCUT2D eigenvalue weighted by Crippen LogP contribution is 2.36. The Labute approximate surface area is 147 Å². The number of aryl methyl sites for hydroxylation is 1. The van der Waals surface area contributed by atoms with Crippen molar-refractivity contribution in [2.75, 3.05) is 13.7 Å². The van der Waals surface area contributed by atoms with E-state index in [1.54, 1.807) is 18.4 Å². The molecule has 1 aromatic carbocycles. The maximum atomic E-state index is 13.2. The SMILES string of the molecule is CC[C@H](C(=O)N1CCC[C@H]1c1csc(C)n1)c1ccc(OC)cc1. The normalized spacial score (nSPS) is 18.6. The molecule has 24 heavy (non-hydrogen) atoms. The van der Waals surface area contributed by atoms with Crippen molar-refractivity contribution in [3.63, 3.8) is 0 Å². The summed E-state index contributed by atoms with van der Waals surface area (Å²) in [6, 6.07) is 7.99. The summed E-state index contributed by atoms with van der Waals surface area (Å²) in [6.07, 6.45) is 2.85. The van der Waals surface area contributed by atoms with E-state index in [2.05, 4.69) is 17.3 Å². The summed E-state index contributed by atoms with van der Waals surface area (Å²) in [7, 11) is 1.65. The minimum atomic E-state index is -0.101. The quantitative estimate of drug-likeness (QED) is 0.811. The Hall–Kier alpha value is -1.88. The standard InChI is InChI=1S/C19H24N2O2S/c1-4-16(14-7-9-15(23-3)10-8-14)19(22)21-11-5-6-18(21)17-12-24-13(2)20-17/h7-10,12,16,18H,4-6,11H2,1-3H3/t16-,18-/m0/s1. The van der Waals surface area contributed by atoms with Crippen LogP contribution >= 0.6 is 11.3 Å². The number of thiazole rings is 1. The van der Waals surface area contributed by atoms with Gasteiger partial charge in [-0.3, -0.25) is 4.79 Å². The Morgan fingerprint density at radius 1 is 1.42 bits per heavy atom. The van der Waals surface area contributed by atoms with Crippen LogP contribution in [0.3, 0.4) is 0 Å². The molecule has 0 saturated carbocycles. The second-order valence-corrected chi connectivity index (χ2v) is 7.28. The number of ether oxygens (including phenoxy) is 1. The zero-order valence-electron chi connectivity index (χ0n) is 14.5. The molecule has 0 N–H and O–H groups in total. The minimum absolute atomic E-state index is 0.101. The van der Waals surface area contributed by atoms with Crippen molar-refractivity contribution in [3.8, 4) is 5.75 Å². The van der Waals surface area contributed by atoms with E-state index >= 15 is 0 Å². The maximum Gasteiger partial charge on any atom is 0.230 e. The summed E-state index contributed by atoms with van der Waals surface area (Å²) in [5, 5.41) is 3.16. The summed E-state index contributed by atoms with van der Waals surface area (Å²) in [5.74, 6) is 0.935. The molecule has 2 atom stereocenters. The highest BCUT2D eigenvalue weighted by Gasteiger charge is 2.35. The number of carbonyl (C=O) groups excluding carboxylic acids is 1. The highest BCUT2D eigenvalue weighted by molar-refractivity contribution is 7.09. The van der Waals surface area contributed by atoms with Crippen molar-refractivity contribution < 1.29 is 9.53 Å². The van der Waals surface area contributed by atoms with Gasteiger partial charge in [-0.05, 0) is 43.9 Å². The van der Waals surface area contributed by atoms with Crippen molar-refractivity contribution in [2.24, 2.45) is 0 Å². The fraction of sp³-hybridized carbons (Fsp3) is 0.474. The van der Waals surface area contributed by atoms with Gasteiger partial charge < -0.3 is 9.64 Å². The van der Waals surface area contributed by atoms with Crippen LogP contribution in [0.1, 0.15) is 54.4 Å². The Morgan fingerprint density at radius 2 is 2.17 bits per heavy atom. The molecule has 0 radical (unpaired) electrons. The van der Waals surface area contributed by atoms with Crippen LogP contribution in [-0.4, -0.2) is 29.4 Å². The third-order valence-electron chi connectivity index (χ3n) is 4.74. The van der Waals surface area contributed by atoms with Crippen LogP contribution in [0, 0.1) is 6.92 Å². The third-order valence-corrected chi connectivity index (χ3v) is 5.53. The molecule has 3 rings (SSSR count). The van der Waals surface area contributed by atoms with Gasteiger partial charge in [0.15, 0.2) is 0 Å². The number of benzene rings is 1. The first-order chi connectivity index (χ1) is 11.6. The van der Waals surface area contributed by atoms with Crippen LogP contribution in [0.25, 0.3) is 0 Å². The average molecular weight is 344 g/mol. The van der Waals surface area contributed by atoms with Gasteiger partial charge in [0, 0.05) is 11.9 Å². The number of methoxy groups -OCH3 is 1. The summed E-state index contributed by atoms with van der Waals surface area (Å²) in [4.78, 5) is 19.8. The first-order valence-corrected chi connectivity index (χ1v) is 9.38. The van der Waals surface area contributed by atoms with Crippen LogP contribution < -0.4 is 4.74 Å². The first kappa shape index (κ1) is 17.0. The Balaban J connectivity index is 1.81. The number of amides is 1. The van der Waals surface area contributed by atoms with E-state index in [0.29, 0.717) is 0 Å². The zero-order chi connectivity index (χ0) is 17.1. The molecule has 1 saturated heterocycles. The maximum absolute atomic E-state index is 13.2. The number of aromatic nitrogens is 1. The van der Waals surface area contributed by atoms with E-state index in [9.17, 15) is 4.79 Å². The Bertz CT molecular complexity index is 696. The van der Waals surface area contributed by atoms with Gasteiger partial charge in [0.2, 0.25) is 5.91 Å². The average Bonchev–Trinajstić information content (AvgIpc) is 3.24. The van der Waals surface area contributed by atoms with E-state index in [0.717, 1.165) is 47.8 Å². The topological polar surface area (TPSA) is 42.4 Å². The Morgan fingerprint density at radius 3 is 2.75 bits per heavy atom. The number of rotatable bonds is 5. The molecule has 0 bridgehead atoms. The summed E-state index contributed by atoms with van der Waals surface area (Å²) < 4.78 is 5.22. The number of hydrogen-bond donors (Lipinski definition) is 0. The lowest BCUT2D eigenvalue weighted by Gasteiger charge is -2.28. The Kier molecular flexibility index (Phi) is 5.19. The van der Waals surface area contributed by atoms with Crippen LogP contribution in [-0.2, 0) is 4.79 Å². The molecule has 1 aliphatic heterocycles. The molecule has 2 aromatic rings. The van der Waals surface area contributed by atoms with Crippen molar-refractivity contribution in [2.45, 2.75) is 45.1 Å². The lowest BCUT2D eigenvalue weighted by Crippen LogP contribution is -2.34. The molecule has 1 aliphatic rings. The van der Waals surface area contributed by atoms with Gasteiger partial charge in [0.1, 0.15) is 5.75 Å². The fourth-order valence-corrected chi connectivity index (χ4v) is 4.12. The number of nitrogens with zero attached hydrogens (tertiary/aromatic N) is 2. The van der Waals surface area contributed by atoms with Crippen LogP contribution in [0.5, 0.6) is 5.75 Å². The lowest BCUT2D eigenvalue weighted by molar-refractivity contribution is -0.134. The molecule has 1 aromatic heterocycles. The van der Waals surface area contributed by atoms with E-state index in [1.807, 2.05) is 36.1 Å². The molecular formula is C19H24N2O2S. The highest BCUT2D eigenvalue weighted by atomic mass is 32.1. The fourth-order valence-electron chi connectivity index (χ4n) is 3.46. The van der Waals surface area contributed by atoms with Gasteiger partial charge in [0.05, 0.1) is 29.8 Å². The van der Waals surface area contributed by atoms with Crippen LogP contribution in [0.2, 0.25) is 0 Å². The van der Waals surface area contributed by atoms with E-state index in [4.69, 9.17) is 4.74 Å². The van der Waals surface area contributed by atoms with E-state index in [-0.39, 0.29) is 17.9 Å². The summed E-state index contributed by atoms with van der Waals surface area (Å²) in [6.45, 7) is 4.92. The van der Waals surface area contributed by atoms with Gasteiger partial charge in [-0.1, -0.05) is 19.1 Å². The molecule has 4 nitrogen and oxygen atoms in total. The second kappa shape index (κ2) is 7.34. The van der Waals surface area contributed by atoms with E-state index in [1.165, 1.54) is 0 Å². The molecule has 1 fully saturated rings. The van der Waals surface area contributed by atoms with E-state index < -0.39 is 0 Å². The monoisotopic (exact) mass is 344 g/mol. The minimum Gasteiger partial charge on any atom is -0.497 e. The zero-order valence-corrected chi connectivity index (χ0v) is 15.3. The van der Waals surface area contributed by atoms with Crippen molar-refractivity contribution in [3.05, 3.63) is 45.9 Å². The summed E-state index contributed by atoms with van der Waals surface area (Å²) >= 11 is 1.66. The van der Waals surface area contributed by atoms with Gasteiger partial charge in [0.25, 0.3) is 0 Å². The van der Waals surface area contributed by atoms with Gasteiger partial charge in [-0.2, -0.15) is 0 Å². The molecule has 128 valence electrons. The third kappa shape index (κ3) is 3.31. The van der Waals surface area contributed by atoms with Crippen LogP contribution in [0.15, 0.2) is 29.6 Å². The number of hydrogen-bond acceptors (Lipinski definition) is 4. The number of likely N-dealkylation sites (tertiary alicyclic amines) is 1. The molecule has 2 heterocycles. The van der Waals surface area contributed by atoms with Crippen LogP contribution in [0.4, 0.5) is 0 Å².